The summed E-state index contributed by atoms with van der Waals surface area (Å²) in [5.74, 6) is -1.29. The average Bonchev–Trinajstić information content (AvgIpc) is 2.35. The zero-order chi connectivity index (χ0) is 14.3. The summed E-state index contributed by atoms with van der Waals surface area (Å²) in [5.41, 5.74) is 0.905. The van der Waals surface area contributed by atoms with Crippen LogP contribution in [-0.4, -0.2) is 23.5 Å². The minimum absolute atomic E-state index is 0.0000683. The van der Waals surface area contributed by atoms with Gasteiger partial charge in [-0.1, -0.05) is 19.1 Å². The van der Waals surface area contributed by atoms with Crippen LogP contribution in [0.15, 0.2) is 24.3 Å². The molecule has 2 N–H and O–H groups in total. The molecule has 0 aliphatic rings. The number of halogens is 1. The maximum Gasteiger partial charge on any atom is 0.303 e. The summed E-state index contributed by atoms with van der Waals surface area (Å²) < 4.78 is 12.8. The third-order valence-corrected chi connectivity index (χ3v) is 2.82. The number of carbonyl (C=O) groups excluding carboxylic acids is 1. The van der Waals surface area contributed by atoms with Gasteiger partial charge < -0.3 is 10.4 Å². The van der Waals surface area contributed by atoms with Gasteiger partial charge in [-0.25, -0.2) is 4.39 Å². The van der Waals surface area contributed by atoms with Crippen molar-refractivity contribution in [3.8, 4) is 0 Å². The second-order valence-electron chi connectivity index (χ2n) is 4.50. The van der Waals surface area contributed by atoms with Crippen molar-refractivity contribution in [3.05, 3.63) is 35.6 Å². The molecule has 5 heteroatoms. The van der Waals surface area contributed by atoms with Crippen LogP contribution in [0.1, 0.15) is 37.7 Å². The molecule has 0 aliphatic carbocycles. The predicted octanol–water partition coefficient (Wildman–Crippen LogP) is 2.30. The van der Waals surface area contributed by atoms with E-state index in [1.165, 1.54) is 12.1 Å². The van der Waals surface area contributed by atoms with Crippen molar-refractivity contribution in [2.75, 3.05) is 6.54 Å². The molecular formula is C14H18FNO3. The van der Waals surface area contributed by atoms with Crippen LogP contribution in [0.3, 0.4) is 0 Å². The number of carboxylic acid groups (broad SMARTS) is 1. The lowest BCUT2D eigenvalue weighted by Crippen LogP contribution is -2.26. The van der Waals surface area contributed by atoms with Crippen molar-refractivity contribution < 1.29 is 19.1 Å². The van der Waals surface area contributed by atoms with E-state index < -0.39 is 5.97 Å². The number of carbonyl (C=O) groups is 2. The number of nitrogens with one attached hydrogen (secondary N) is 1. The van der Waals surface area contributed by atoms with Crippen molar-refractivity contribution in [1.29, 1.82) is 0 Å². The highest BCUT2D eigenvalue weighted by molar-refractivity contribution is 5.76. The van der Waals surface area contributed by atoms with Gasteiger partial charge in [0, 0.05) is 19.4 Å². The fraction of sp³-hybridized carbons (Fsp3) is 0.429. The zero-order valence-corrected chi connectivity index (χ0v) is 10.9. The lowest BCUT2D eigenvalue weighted by molar-refractivity contribution is -0.137. The maximum absolute atomic E-state index is 12.8. The number of aliphatic carboxylic acids is 1. The molecule has 1 rings (SSSR count). The average molecular weight is 267 g/mol. The number of hydrogen-bond acceptors (Lipinski definition) is 2. The SMILES string of the molecule is C[C@H](CC(=O)NCCCC(=O)O)c1ccc(F)cc1. The lowest BCUT2D eigenvalue weighted by atomic mass is 9.97. The van der Waals surface area contributed by atoms with Crippen LogP contribution in [0.5, 0.6) is 0 Å². The predicted molar refractivity (Wildman–Crippen MR) is 69.3 cm³/mol. The number of carboxylic acids is 1. The first-order valence-corrected chi connectivity index (χ1v) is 6.23. The number of benzene rings is 1. The summed E-state index contributed by atoms with van der Waals surface area (Å²) in [6.07, 6.45) is 0.776. The molecule has 4 nitrogen and oxygen atoms in total. The summed E-state index contributed by atoms with van der Waals surface area (Å²) in [6, 6.07) is 6.07. The minimum Gasteiger partial charge on any atom is -0.481 e. The Morgan fingerprint density at radius 3 is 2.53 bits per heavy atom. The van der Waals surface area contributed by atoms with Crippen LogP contribution < -0.4 is 5.32 Å². The van der Waals surface area contributed by atoms with Crippen molar-refractivity contribution in [2.24, 2.45) is 0 Å². The Labute approximate surface area is 111 Å². The van der Waals surface area contributed by atoms with E-state index in [1.807, 2.05) is 6.92 Å². The molecule has 1 atom stereocenters. The molecular weight excluding hydrogens is 249 g/mol. The van der Waals surface area contributed by atoms with E-state index in [1.54, 1.807) is 12.1 Å². The quantitative estimate of drug-likeness (QED) is 0.745. The van der Waals surface area contributed by atoms with Crippen LogP contribution in [0.25, 0.3) is 0 Å². The van der Waals surface area contributed by atoms with Gasteiger partial charge in [0.05, 0.1) is 0 Å². The molecule has 0 unspecified atom stereocenters. The van der Waals surface area contributed by atoms with E-state index in [4.69, 9.17) is 5.11 Å². The molecule has 1 aromatic rings. The first kappa shape index (κ1) is 15.1. The highest BCUT2D eigenvalue weighted by Crippen LogP contribution is 2.18. The molecule has 0 bridgehead atoms. The molecule has 0 radical (unpaired) electrons. The Bertz CT molecular complexity index is 431. The second-order valence-corrected chi connectivity index (χ2v) is 4.50. The summed E-state index contributed by atoms with van der Waals surface area (Å²) in [7, 11) is 0. The standard InChI is InChI=1S/C14H18FNO3/c1-10(11-4-6-12(15)7-5-11)9-13(17)16-8-2-3-14(18)19/h4-7,10H,2-3,8-9H2,1H3,(H,16,17)(H,18,19)/t10-/m1/s1. The van der Waals surface area contributed by atoms with Crippen molar-refractivity contribution in [2.45, 2.75) is 32.1 Å². The molecule has 0 aromatic heterocycles. The van der Waals surface area contributed by atoms with E-state index in [9.17, 15) is 14.0 Å². The molecule has 0 saturated heterocycles. The Hall–Kier alpha value is -1.91. The molecule has 19 heavy (non-hydrogen) atoms. The fourth-order valence-corrected chi connectivity index (χ4v) is 1.73. The van der Waals surface area contributed by atoms with Gasteiger partial charge in [-0.05, 0) is 30.0 Å². The Morgan fingerprint density at radius 1 is 1.32 bits per heavy atom. The first-order chi connectivity index (χ1) is 8.99. The normalized spacial score (nSPS) is 11.9. The fourth-order valence-electron chi connectivity index (χ4n) is 1.73. The summed E-state index contributed by atoms with van der Waals surface area (Å²) in [5, 5.41) is 11.1. The highest BCUT2D eigenvalue weighted by atomic mass is 19.1. The highest BCUT2D eigenvalue weighted by Gasteiger charge is 2.11. The number of rotatable bonds is 7. The molecule has 0 aliphatic heterocycles. The molecule has 0 heterocycles. The first-order valence-electron chi connectivity index (χ1n) is 6.23. The summed E-state index contributed by atoms with van der Waals surface area (Å²) in [4.78, 5) is 21.9. The third kappa shape index (κ3) is 5.99. The third-order valence-electron chi connectivity index (χ3n) is 2.82. The van der Waals surface area contributed by atoms with Gasteiger partial charge in [0.2, 0.25) is 5.91 Å². The monoisotopic (exact) mass is 267 g/mol. The van der Waals surface area contributed by atoms with E-state index in [-0.39, 0.29) is 24.1 Å². The Balaban J connectivity index is 2.31. The topological polar surface area (TPSA) is 66.4 Å². The van der Waals surface area contributed by atoms with Gasteiger partial charge >= 0.3 is 5.97 Å². The molecule has 0 saturated carbocycles. The maximum atomic E-state index is 12.8. The van der Waals surface area contributed by atoms with Gasteiger partial charge in [0.25, 0.3) is 0 Å². The van der Waals surface area contributed by atoms with E-state index in [0.717, 1.165) is 5.56 Å². The Kier molecular flexibility index (Phi) is 5.99. The van der Waals surface area contributed by atoms with Gasteiger partial charge in [-0.3, -0.25) is 9.59 Å². The van der Waals surface area contributed by atoms with Gasteiger partial charge in [0.15, 0.2) is 0 Å². The van der Waals surface area contributed by atoms with Crippen LogP contribution in [0, 0.1) is 5.82 Å². The second kappa shape index (κ2) is 7.51. The van der Waals surface area contributed by atoms with Gasteiger partial charge in [-0.15, -0.1) is 0 Å². The van der Waals surface area contributed by atoms with Crippen molar-refractivity contribution >= 4 is 11.9 Å². The van der Waals surface area contributed by atoms with E-state index in [2.05, 4.69) is 5.32 Å². The van der Waals surface area contributed by atoms with E-state index in [0.29, 0.717) is 19.4 Å². The van der Waals surface area contributed by atoms with Crippen LogP contribution in [0.2, 0.25) is 0 Å². The van der Waals surface area contributed by atoms with Crippen LogP contribution in [-0.2, 0) is 9.59 Å². The van der Waals surface area contributed by atoms with Crippen LogP contribution in [0.4, 0.5) is 4.39 Å². The van der Waals surface area contributed by atoms with Crippen LogP contribution >= 0.6 is 0 Å². The molecule has 0 spiro atoms. The van der Waals surface area contributed by atoms with Crippen molar-refractivity contribution in [1.82, 2.24) is 5.32 Å². The smallest absolute Gasteiger partial charge is 0.303 e. The number of amides is 1. The van der Waals surface area contributed by atoms with Crippen molar-refractivity contribution in [3.63, 3.8) is 0 Å². The summed E-state index contributed by atoms with van der Waals surface area (Å²) in [6.45, 7) is 2.26. The molecule has 0 fully saturated rings. The molecule has 1 amide bonds. The Morgan fingerprint density at radius 2 is 1.95 bits per heavy atom. The molecule has 104 valence electrons. The number of hydrogen-bond donors (Lipinski definition) is 2. The zero-order valence-electron chi connectivity index (χ0n) is 10.9. The van der Waals surface area contributed by atoms with E-state index >= 15 is 0 Å². The van der Waals surface area contributed by atoms with Gasteiger partial charge in [-0.2, -0.15) is 0 Å². The largest absolute Gasteiger partial charge is 0.481 e. The lowest BCUT2D eigenvalue weighted by Gasteiger charge is -2.11. The minimum atomic E-state index is -0.867. The molecule has 1 aromatic carbocycles. The van der Waals surface area contributed by atoms with Gasteiger partial charge in [0.1, 0.15) is 5.82 Å². The summed E-state index contributed by atoms with van der Waals surface area (Å²) >= 11 is 0.